The average molecular weight is 385 g/mol. The molecule has 2 heterocycles. The fourth-order valence-electron chi connectivity index (χ4n) is 3.86. The van der Waals surface area contributed by atoms with Crippen LogP contribution in [0.5, 0.6) is 5.75 Å². The largest absolute Gasteiger partial charge is 0.502 e. The van der Waals surface area contributed by atoms with Crippen LogP contribution in [0.1, 0.15) is 27.1 Å². The highest BCUT2D eigenvalue weighted by Gasteiger charge is 2.36. The predicted molar refractivity (Wildman–Crippen MR) is 99.5 cm³/mol. The Morgan fingerprint density at radius 2 is 1.82 bits per heavy atom. The van der Waals surface area contributed by atoms with Gasteiger partial charge in [0.2, 0.25) is 0 Å². The molecule has 2 amide bonds. The number of hydrogen-bond acceptors (Lipinski definition) is 7. The number of carbonyl (C=O) groups is 2. The van der Waals surface area contributed by atoms with Crippen LogP contribution in [-0.4, -0.2) is 71.0 Å². The maximum absolute atomic E-state index is 12.9. The molecule has 4 rings (SSSR count). The molecule has 0 spiro atoms. The molecule has 0 atom stereocenters. The lowest BCUT2D eigenvalue weighted by Gasteiger charge is -2.29. The molecule has 0 aromatic heterocycles. The summed E-state index contributed by atoms with van der Waals surface area (Å²) in [5, 5.41) is 21.8. The number of phenolic OH excluding ortho intramolecular Hbond substituents is 1. The lowest BCUT2D eigenvalue weighted by molar-refractivity contribution is -0.384. The molecule has 0 unspecified atom stereocenters. The van der Waals surface area contributed by atoms with Crippen LogP contribution in [0.25, 0.3) is 10.8 Å². The van der Waals surface area contributed by atoms with Crippen LogP contribution in [0.4, 0.5) is 5.69 Å². The molecular weight excluding hydrogens is 366 g/mol. The number of aromatic hydroxyl groups is 1. The third-order valence-corrected chi connectivity index (χ3v) is 5.21. The summed E-state index contributed by atoms with van der Waals surface area (Å²) in [7, 11) is 0. The first-order chi connectivity index (χ1) is 13.5. The van der Waals surface area contributed by atoms with Gasteiger partial charge >= 0.3 is 5.69 Å². The minimum absolute atomic E-state index is 0.0900. The maximum atomic E-state index is 12.9. The van der Waals surface area contributed by atoms with Crippen LogP contribution >= 0.6 is 0 Å². The molecule has 0 aliphatic carbocycles. The zero-order chi connectivity index (χ0) is 19.8. The van der Waals surface area contributed by atoms with Crippen molar-refractivity contribution < 1.29 is 24.4 Å². The molecule has 2 aliphatic rings. The number of amides is 2. The van der Waals surface area contributed by atoms with Crippen molar-refractivity contribution in [3.05, 3.63) is 45.5 Å². The Bertz CT molecular complexity index is 983. The molecule has 1 saturated heterocycles. The van der Waals surface area contributed by atoms with Crippen LogP contribution in [-0.2, 0) is 4.74 Å². The number of phenols is 1. The Labute approximate surface area is 160 Å². The number of rotatable bonds is 5. The summed E-state index contributed by atoms with van der Waals surface area (Å²) in [5.41, 5.74) is -0.150. The Hall–Kier alpha value is -3.04. The molecule has 2 aromatic carbocycles. The van der Waals surface area contributed by atoms with E-state index in [0.29, 0.717) is 19.6 Å². The van der Waals surface area contributed by atoms with Gasteiger partial charge in [0, 0.05) is 43.2 Å². The molecule has 9 nitrogen and oxygen atoms in total. The third kappa shape index (κ3) is 2.98. The lowest BCUT2D eigenvalue weighted by atomic mass is 9.92. The second kappa shape index (κ2) is 7.17. The Morgan fingerprint density at radius 1 is 1.11 bits per heavy atom. The summed E-state index contributed by atoms with van der Waals surface area (Å²) >= 11 is 0. The van der Waals surface area contributed by atoms with Gasteiger partial charge in [0.05, 0.1) is 29.1 Å². The molecule has 2 aromatic rings. The summed E-state index contributed by atoms with van der Waals surface area (Å²) in [6, 6.07) is 5.60. The summed E-state index contributed by atoms with van der Waals surface area (Å²) < 4.78 is 5.31. The van der Waals surface area contributed by atoms with E-state index in [-0.39, 0.29) is 28.4 Å². The van der Waals surface area contributed by atoms with Crippen LogP contribution in [0, 0.1) is 10.1 Å². The first-order valence-corrected chi connectivity index (χ1v) is 9.08. The van der Waals surface area contributed by atoms with E-state index in [4.69, 9.17) is 4.74 Å². The van der Waals surface area contributed by atoms with Gasteiger partial charge in [-0.25, -0.2) is 0 Å². The monoisotopic (exact) mass is 385 g/mol. The second-order valence-corrected chi connectivity index (χ2v) is 6.85. The van der Waals surface area contributed by atoms with E-state index in [1.807, 2.05) is 0 Å². The van der Waals surface area contributed by atoms with Crippen LogP contribution in [0.2, 0.25) is 0 Å². The van der Waals surface area contributed by atoms with E-state index < -0.39 is 28.2 Å². The zero-order valence-corrected chi connectivity index (χ0v) is 15.1. The Kier molecular flexibility index (Phi) is 4.70. The number of ether oxygens (including phenoxy) is 1. The predicted octanol–water partition coefficient (Wildman–Crippen LogP) is 1.77. The number of morpholine rings is 1. The first kappa shape index (κ1) is 18.3. The minimum Gasteiger partial charge on any atom is -0.502 e. The molecule has 1 fully saturated rings. The molecule has 0 bridgehead atoms. The van der Waals surface area contributed by atoms with Crippen molar-refractivity contribution in [2.45, 2.75) is 6.42 Å². The van der Waals surface area contributed by atoms with Gasteiger partial charge < -0.3 is 9.84 Å². The van der Waals surface area contributed by atoms with Gasteiger partial charge in [-0.1, -0.05) is 6.07 Å². The molecule has 146 valence electrons. The van der Waals surface area contributed by atoms with E-state index in [1.165, 1.54) is 12.1 Å². The van der Waals surface area contributed by atoms with Gasteiger partial charge in [0.15, 0.2) is 5.75 Å². The molecular formula is C19H19N3O6. The van der Waals surface area contributed by atoms with E-state index in [0.717, 1.165) is 30.6 Å². The smallest absolute Gasteiger partial charge is 0.318 e. The van der Waals surface area contributed by atoms with Crippen molar-refractivity contribution in [2.75, 3.05) is 39.4 Å². The fourth-order valence-corrected chi connectivity index (χ4v) is 3.86. The van der Waals surface area contributed by atoms with Gasteiger partial charge in [-0.05, 0) is 18.6 Å². The zero-order valence-electron chi connectivity index (χ0n) is 15.1. The molecule has 0 saturated carbocycles. The number of imide groups is 1. The maximum Gasteiger partial charge on any atom is 0.318 e. The van der Waals surface area contributed by atoms with Gasteiger partial charge in [-0.3, -0.25) is 29.5 Å². The van der Waals surface area contributed by atoms with Gasteiger partial charge in [0.1, 0.15) is 0 Å². The SMILES string of the molecule is O=C1c2cccc3c([N+](=O)[O-])c(O)cc(c23)C(=O)N1CCCN1CCOCC1. The molecule has 28 heavy (non-hydrogen) atoms. The van der Waals surface area contributed by atoms with E-state index in [9.17, 15) is 24.8 Å². The third-order valence-electron chi connectivity index (χ3n) is 5.21. The molecule has 1 N–H and O–H groups in total. The lowest BCUT2D eigenvalue weighted by Crippen LogP contribution is -2.43. The topological polar surface area (TPSA) is 113 Å². The van der Waals surface area contributed by atoms with Crippen LogP contribution in [0.15, 0.2) is 24.3 Å². The summed E-state index contributed by atoms with van der Waals surface area (Å²) in [6.45, 7) is 3.97. The Balaban J connectivity index is 1.65. The van der Waals surface area contributed by atoms with Crippen molar-refractivity contribution in [2.24, 2.45) is 0 Å². The highest BCUT2D eigenvalue weighted by molar-refractivity contribution is 6.26. The highest BCUT2D eigenvalue weighted by atomic mass is 16.6. The van der Waals surface area contributed by atoms with Gasteiger partial charge in [0.25, 0.3) is 11.8 Å². The standard InChI is InChI=1S/C19H19N3O6/c23-15-11-14-16-12(17(15)22(26)27)3-1-4-13(16)18(24)21(19(14)25)6-2-5-20-7-9-28-10-8-20/h1,3-4,11,23H,2,5-10H2. The summed E-state index contributed by atoms with van der Waals surface area (Å²) in [4.78, 5) is 39.8. The van der Waals surface area contributed by atoms with Crippen molar-refractivity contribution in [1.82, 2.24) is 9.80 Å². The van der Waals surface area contributed by atoms with Crippen molar-refractivity contribution in [3.8, 4) is 5.75 Å². The number of nitro benzene ring substituents is 1. The van der Waals surface area contributed by atoms with Crippen LogP contribution < -0.4 is 0 Å². The normalized spacial score (nSPS) is 17.4. The van der Waals surface area contributed by atoms with Crippen LogP contribution in [0.3, 0.4) is 0 Å². The van der Waals surface area contributed by atoms with E-state index >= 15 is 0 Å². The second-order valence-electron chi connectivity index (χ2n) is 6.85. The summed E-state index contributed by atoms with van der Waals surface area (Å²) in [6.07, 6.45) is 0.613. The molecule has 0 radical (unpaired) electrons. The van der Waals surface area contributed by atoms with Crippen molar-refractivity contribution in [3.63, 3.8) is 0 Å². The quantitative estimate of drug-likeness (QED) is 0.474. The van der Waals surface area contributed by atoms with Crippen molar-refractivity contribution in [1.29, 1.82) is 0 Å². The van der Waals surface area contributed by atoms with Crippen molar-refractivity contribution >= 4 is 28.3 Å². The first-order valence-electron chi connectivity index (χ1n) is 9.08. The summed E-state index contributed by atoms with van der Waals surface area (Å²) in [5.74, 6) is -1.59. The number of nitro groups is 1. The molecule has 9 heteroatoms. The minimum atomic E-state index is -0.706. The number of carbonyl (C=O) groups excluding carboxylic acids is 2. The highest BCUT2D eigenvalue weighted by Crippen LogP contribution is 2.40. The Morgan fingerprint density at radius 3 is 2.54 bits per heavy atom. The number of hydrogen-bond donors (Lipinski definition) is 1. The molecule has 2 aliphatic heterocycles. The number of nitrogens with zero attached hydrogens (tertiary/aromatic N) is 3. The van der Waals surface area contributed by atoms with Gasteiger partial charge in [-0.15, -0.1) is 0 Å². The fraction of sp³-hybridized carbons (Fsp3) is 0.368. The van der Waals surface area contributed by atoms with Gasteiger partial charge in [-0.2, -0.15) is 0 Å². The number of benzene rings is 2. The van der Waals surface area contributed by atoms with E-state index in [1.54, 1.807) is 6.07 Å². The average Bonchev–Trinajstić information content (AvgIpc) is 2.68. The van der Waals surface area contributed by atoms with E-state index in [2.05, 4.69) is 4.90 Å².